The molecule has 1 aliphatic rings. The summed E-state index contributed by atoms with van der Waals surface area (Å²) in [6.45, 7) is 0.780. The summed E-state index contributed by atoms with van der Waals surface area (Å²) >= 11 is 0. The number of carbonyl (C=O) groups is 2. The molecule has 0 spiro atoms. The van der Waals surface area contributed by atoms with Crippen molar-refractivity contribution in [2.24, 2.45) is 0 Å². The van der Waals surface area contributed by atoms with E-state index in [4.69, 9.17) is 4.74 Å². The van der Waals surface area contributed by atoms with Crippen molar-refractivity contribution < 1.29 is 32.6 Å². The van der Waals surface area contributed by atoms with E-state index >= 15 is 0 Å². The van der Waals surface area contributed by atoms with E-state index < -0.39 is 29.8 Å². The fraction of sp³-hybridized carbons (Fsp3) is 0.316. The second-order valence-corrected chi connectivity index (χ2v) is 6.50. The van der Waals surface area contributed by atoms with Crippen molar-refractivity contribution in [1.29, 1.82) is 0 Å². The molecular formula is C19H18F3N3O4. The normalized spacial score (nSPS) is 15.1. The smallest absolute Gasteiger partial charge is 0.393 e. The molecule has 2 amide bonds. The molecule has 1 aromatic heterocycles. The van der Waals surface area contributed by atoms with Gasteiger partial charge in [0.1, 0.15) is 0 Å². The molecule has 0 aliphatic carbocycles. The maximum Gasteiger partial charge on any atom is 0.416 e. The standard InChI is InChI=1S/C19H18F3N3O4/c20-19(21,22)13-3-1-12(2-4-13)17(27)24-14-5-6-16(23-11-14)29-18(28)25-9-7-15(26)8-10-25/h1-6,11,15,26H,7-10H2,(H,24,27). The lowest BCUT2D eigenvalue weighted by molar-refractivity contribution is -0.137. The number of amides is 2. The van der Waals surface area contributed by atoms with Crippen LogP contribution in [0.15, 0.2) is 42.6 Å². The highest BCUT2D eigenvalue weighted by atomic mass is 19.4. The SMILES string of the molecule is O=C(Nc1ccc(OC(=O)N2CCC(O)CC2)nc1)c1ccc(C(F)(F)F)cc1. The quantitative estimate of drug-likeness (QED) is 0.812. The van der Waals surface area contributed by atoms with E-state index in [0.29, 0.717) is 25.9 Å². The number of aromatic nitrogens is 1. The molecule has 154 valence electrons. The fourth-order valence-electron chi connectivity index (χ4n) is 2.73. The fourth-order valence-corrected chi connectivity index (χ4v) is 2.73. The summed E-state index contributed by atoms with van der Waals surface area (Å²) in [5, 5.41) is 12.0. The van der Waals surface area contributed by atoms with Gasteiger partial charge in [0.15, 0.2) is 0 Å². The number of halogens is 3. The Morgan fingerprint density at radius 1 is 1.10 bits per heavy atom. The van der Waals surface area contributed by atoms with E-state index in [0.717, 1.165) is 24.3 Å². The van der Waals surface area contributed by atoms with Crippen LogP contribution >= 0.6 is 0 Å². The van der Waals surface area contributed by atoms with Crippen LogP contribution in [0, 0.1) is 0 Å². The molecule has 2 N–H and O–H groups in total. The number of hydrogen-bond donors (Lipinski definition) is 2. The first kappa shape index (κ1) is 20.6. The van der Waals surface area contributed by atoms with E-state index in [1.807, 2.05) is 0 Å². The zero-order chi connectivity index (χ0) is 21.0. The lowest BCUT2D eigenvalue weighted by Gasteiger charge is -2.28. The number of likely N-dealkylation sites (tertiary alicyclic amines) is 1. The summed E-state index contributed by atoms with van der Waals surface area (Å²) in [6, 6.07) is 6.66. The molecule has 0 saturated carbocycles. The van der Waals surface area contributed by atoms with Crippen LogP contribution in [0.5, 0.6) is 5.88 Å². The Labute approximate surface area is 164 Å². The van der Waals surface area contributed by atoms with Gasteiger partial charge in [0.05, 0.1) is 23.6 Å². The number of hydrogen-bond acceptors (Lipinski definition) is 5. The molecule has 2 aromatic rings. The van der Waals surface area contributed by atoms with Crippen molar-refractivity contribution in [2.75, 3.05) is 18.4 Å². The second kappa shape index (κ2) is 8.48. The molecule has 7 nitrogen and oxygen atoms in total. The van der Waals surface area contributed by atoms with Gasteiger partial charge in [-0.1, -0.05) is 0 Å². The zero-order valence-corrected chi connectivity index (χ0v) is 15.1. The monoisotopic (exact) mass is 409 g/mol. The minimum Gasteiger partial charge on any atom is -0.393 e. The number of rotatable bonds is 3. The lowest BCUT2D eigenvalue weighted by Crippen LogP contribution is -2.41. The summed E-state index contributed by atoms with van der Waals surface area (Å²) < 4.78 is 42.9. The Hall–Kier alpha value is -3.14. The van der Waals surface area contributed by atoms with Crippen LogP contribution in [0.2, 0.25) is 0 Å². The number of aliphatic hydroxyl groups excluding tert-OH is 1. The summed E-state index contributed by atoms with van der Waals surface area (Å²) in [6.07, 6.45) is -3.23. The predicted molar refractivity (Wildman–Crippen MR) is 96.5 cm³/mol. The van der Waals surface area contributed by atoms with Crippen molar-refractivity contribution in [2.45, 2.75) is 25.1 Å². The number of alkyl halides is 3. The Bertz CT molecular complexity index is 862. The van der Waals surface area contributed by atoms with E-state index in [-0.39, 0.29) is 17.1 Å². The van der Waals surface area contributed by atoms with Crippen LogP contribution in [-0.2, 0) is 6.18 Å². The molecule has 1 fully saturated rings. The van der Waals surface area contributed by atoms with E-state index in [1.54, 1.807) is 0 Å². The number of nitrogens with zero attached hydrogens (tertiary/aromatic N) is 2. The number of aliphatic hydroxyl groups is 1. The van der Waals surface area contributed by atoms with Gasteiger partial charge in [-0.25, -0.2) is 9.78 Å². The first-order chi connectivity index (χ1) is 13.7. The van der Waals surface area contributed by atoms with Crippen molar-refractivity contribution >= 4 is 17.7 Å². The van der Waals surface area contributed by atoms with Crippen LogP contribution in [-0.4, -0.2) is 46.2 Å². The molecule has 0 radical (unpaired) electrons. The number of ether oxygens (including phenoxy) is 1. The maximum absolute atomic E-state index is 12.6. The Morgan fingerprint density at radius 2 is 1.76 bits per heavy atom. The molecule has 29 heavy (non-hydrogen) atoms. The molecule has 2 heterocycles. The average molecular weight is 409 g/mol. The van der Waals surface area contributed by atoms with Crippen molar-refractivity contribution in [1.82, 2.24) is 9.88 Å². The number of anilines is 1. The largest absolute Gasteiger partial charge is 0.416 e. The van der Waals surface area contributed by atoms with Crippen LogP contribution < -0.4 is 10.1 Å². The van der Waals surface area contributed by atoms with Gasteiger partial charge in [-0.05, 0) is 43.2 Å². The molecule has 0 unspecified atom stereocenters. The first-order valence-corrected chi connectivity index (χ1v) is 8.82. The summed E-state index contributed by atoms with van der Waals surface area (Å²) in [7, 11) is 0. The van der Waals surface area contributed by atoms with Gasteiger partial charge < -0.3 is 20.1 Å². The lowest BCUT2D eigenvalue weighted by atomic mass is 10.1. The van der Waals surface area contributed by atoms with Gasteiger partial charge in [-0.3, -0.25) is 4.79 Å². The molecule has 1 saturated heterocycles. The van der Waals surface area contributed by atoms with Crippen LogP contribution in [0.4, 0.5) is 23.7 Å². The molecule has 1 aromatic carbocycles. The second-order valence-electron chi connectivity index (χ2n) is 6.50. The minimum atomic E-state index is -4.47. The van der Waals surface area contributed by atoms with Gasteiger partial charge in [0.2, 0.25) is 5.88 Å². The van der Waals surface area contributed by atoms with Crippen LogP contribution in [0.25, 0.3) is 0 Å². The number of pyridine rings is 1. The topological polar surface area (TPSA) is 91.8 Å². The molecular weight excluding hydrogens is 391 g/mol. The molecule has 1 aliphatic heterocycles. The predicted octanol–water partition coefficient (Wildman–Crippen LogP) is 3.31. The van der Waals surface area contributed by atoms with Gasteiger partial charge in [-0.2, -0.15) is 13.2 Å². The summed E-state index contributed by atoms with van der Waals surface area (Å²) in [5.41, 5.74) is -0.498. The minimum absolute atomic E-state index is 0.0358. The van der Waals surface area contributed by atoms with E-state index in [9.17, 15) is 27.9 Å². The molecule has 0 bridgehead atoms. The third-order valence-corrected chi connectivity index (χ3v) is 4.38. The van der Waals surface area contributed by atoms with Gasteiger partial charge in [-0.15, -0.1) is 0 Å². The zero-order valence-electron chi connectivity index (χ0n) is 15.1. The van der Waals surface area contributed by atoms with Gasteiger partial charge in [0.25, 0.3) is 5.91 Å². The number of benzene rings is 1. The summed E-state index contributed by atoms with van der Waals surface area (Å²) in [5.74, 6) is -0.564. The molecule has 0 atom stereocenters. The highest BCUT2D eigenvalue weighted by Gasteiger charge is 2.30. The molecule has 3 rings (SSSR count). The highest BCUT2D eigenvalue weighted by molar-refractivity contribution is 6.04. The Morgan fingerprint density at radius 3 is 2.31 bits per heavy atom. The molecule has 10 heteroatoms. The van der Waals surface area contributed by atoms with Crippen LogP contribution in [0.3, 0.4) is 0 Å². The maximum atomic E-state index is 12.6. The third-order valence-electron chi connectivity index (χ3n) is 4.38. The first-order valence-electron chi connectivity index (χ1n) is 8.82. The summed E-state index contributed by atoms with van der Waals surface area (Å²) in [4.78, 5) is 29.6. The Kier molecular flexibility index (Phi) is 6.02. The van der Waals surface area contributed by atoms with Crippen molar-refractivity contribution in [3.05, 3.63) is 53.7 Å². The van der Waals surface area contributed by atoms with Gasteiger partial charge >= 0.3 is 12.3 Å². The van der Waals surface area contributed by atoms with Gasteiger partial charge in [0, 0.05) is 24.7 Å². The van der Waals surface area contributed by atoms with Crippen LogP contribution in [0.1, 0.15) is 28.8 Å². The Balaban J connectivity index is 1.56. The van der Waals surface area contributed by atoms with Crippen molar-refractivity contribution in [3.63, 3.8) is 0 Å². The third kappa shape index (κ3) is 5.44. The highest BCUT2D eigenvalue weighted by Crippen LogP contribution is 2.29. The van der Waals surface area contributed by atoms with E-state index in [1.165, 1.54) is 23.2 Å². The number of nitrogens with one attached hydrogen (secondary N) is 1. The van der Waals surface area contributed by atoms with E-state index in [2.05, 4.69) is 10.3 Å². The number of carbonyl (C=O) groups excluding carboxylic acids is 2. The average Bonchev–Trinajstić information content (AvgIpc) is 2.69. The van der Waals surface area contributed by atoms with Crippen molar-refractivity contribution in [3.8, 4) is 5.88 Å². The number of piperidine rings is 1.